The molecule has 0 saturated carbocycles. The van der Waals surface area contributed by atoms with Gasteiger partial charge in [0.2, 0.25) is 0 Å². The second kappa shape index (κ2) is 3.31. The zero-order valence-electron chi connectivity index (χ0n) is 7.12. The summed E-state index contributed by atoms with van der Waals surface area (Å²) in [5, 5.41) is 0. The van der Waals surface area contributed by atoms with Crippen LogP contribution in [-0.2, 0) is 0 Å². The van der Waals surface area contributed by atoms with Crippen LogP contribution < -0.4 is 5.73 Å². The number of anilines is 1. The van der Waals surface area contributed by atoms with Crippen LogP contribution in [0.2, 0.25) is 0 Å². The Bertz CT molecular complexity index is 393. The van der Waals surface area contributed by atoms with Gasteiger partial charge >= 0.3 is 0 Å². The van der Waals surface area contributed by atoms with Crippen LogP contribution in [-0.4, -0.2) is 0 Å². The van der Waals surface area contributed by atoms with Gasteiger partial charge in [0, 0.05) is 11.8 Å². The first kappa shape index (κ1) is 7.87. The van der Waals surface area contributed by atoms with Gasteiger partial charge < -0.3 is 5.73 Å². The predicted molar refractivity (Wildman–Crippen MR) is 54.0 cm³/mol. The molecule has 0 aliphatic rings. The smallest absolute Gasteiger partial charge is 0.0401 e. The van der Waals surface area contributed by atoms with E-state index in [2.05, 4.69) is 12.1 Å². The highest BCUT2D eigenvalue weighted by Gasteiger charge is 1.96. The van der Waals surface area contributed by atoms with E-state index in [9.17, 15) is 0 Å². The van der Waals surface area contributed by atoms with E-state index in [1.807, 2.05) is 42.5 Å². The molecule has 62 valence electrons. The first-order chi connectivity index (χ1) is 6.36. The largest absolute Gasteiger partial charge is 0.398 e. The zero-order valence-corrected chi connectivity index (χ0v) is 7.12. The Morgan fingerprint density at radius 1 is 0.923 bits per heavy atom. The molecule has 0 fully saturated rings. The fourth-order valence-corrected chi connectivity index (χ4v) is 1.20. The Balaban J connectivity index is 2.48. The molecule has 0 bridgehead atoms. The second-order valence-electron chi connectivity index (χ2n) is 2.80. The van der Waals surface area contributed by atoms with Crippen molar-refractivity contribution in [3.63, 3.8) is 0 Å². The number of hydrogen-bond donors (Lipinski definition) is 1. The van der Waals surface area contributed by atoms with E-state index in [0.29, 0.717) is 5.69 Å². The van der Waals surface area contributed by atoms with Crippen LogP contribution in [0.5, 0.6) is 0 Å². The standard InChI is InChI=1S/C12H9N/c13-12-8-4-7-11(9-12)10-5-2-1-3-6-10/h1-5,7-8H,13H2. The minimum Gasteiger partial charge on any atom is -0.398 e. The molecule has 2 N–H and O–H groups in total. The van der Waals surface area contributed by atoms with Crippen molar-refractivity contribution in [1.82, 2.24) is 0 Å². The number of hydrogen-bond acceptors (Lipinski definition) is 1. The predicted octanol–water partition coefficient (Wildman–Crippen LogP) is 2.54. The summed E-state index contributed by atoms with van der Waals surface area (Å²) in [5.74, 6) is 0. The normalized spacial score (nSPS) is 9.85. The van der Waals surface area contributed by atoms with Crippen LogP contribution in [0, 0.1) is 12.1 Å². The molecule has 0 spiro atoms. The molecule has 2 aromatic carbocycles. The summed E-state index contributed by atoms with van der Waals surface area (Å²) in [6.07, 6.45) is 0. The molecule has 1 nitrogen and oxygen atoms in total. The van der Waals surface area contributed by atoms with Crippen LogP contribution >= 0.6 is 0 Å². The first-order valence-corrected chi connectivity index (χ1v) is 4.11. The van der Waals surface area contributed by atoms with E-state index in [-0.39, 0.29) is 0 Å². The Morgan fingerprint density at radius 3 is 2.46 bits per heavy atom. The lowest BCUT2D eigenvalue weighted by Gasteiger charge is -2.00. The van der Waals surface area contributed by atoms with Gasteiger partial charge in [0.05, 0.1) is 0 Å². The summed E-state index contributed by atoms with van der Waals surface area (Å²) >= 11 is 0. The van der Waals surface area contributed by atoms with Gasteiger partial charge in [-0.1, -0.05) is 36.4 Å². The number of nitrogens with two attached hydrogens (primary N) is 1. The zero-order chi connectivity index (χ0) is 9.10. The van der Waals surface area contributed by atoms with Crippen molar-refractivity contribution in [2.45, 2.75) is 0 Å². The maximum Gasteiger partial charge on any atom is 0.0401 e. The topological polar surface area (TPSA) is 26.0 Å². The average molecular weight is 167 g/mol. The fraction of sp³-hybridized carbons (Fsp3) is 0. The van der Waals surface area contributed by atoms with Crippen molar-refractivity contribution in [2.75, 3.05) is 5.73 Å². The number of rotatable bonds is 1. The van der Waals surface area contributed by atoms with Crippen LogP contribution in [0.4, 0.5) is 5.69 Å². The van der Waals surface area contributed by atoms with Crippen LogP contribution in [0.1, 0.15) is 0 Å². The van der Waals surface area contributed by atoms with Gasteiger partial charge in [0.15, 0.2) is 0 Å². The lowest BCUT2D eigenvalue weighted by atomic mass is 10.1. The van der Waals surface area contributed by atoms with Gasteiger partial charge in [-0.05, 0) is 23.3 Å². The molecule has 0 saturated heterocycles. The highest BCUT2D eigenvalue weighted by atomic mass is 14.5. The Kier molecular flexibility index (Phi) is 2.01. The Morgan fingerprint density at radius 2 is 1.77 bits per heavy atom. The van der Waals surface area contributed by atoms with Crippen LogP contribution in [0.15, 0.2) is 42.5 Å². The maximum atomic E-state index is 5.63. The van der Waals surface area contributed by atoms with Gasteiger partial charge in [-0.15, -0.1) is 0 Å². The average Bonchev–Trinajstić information content (AvgIpc) is 2.19. The molecule has 0 aliphatic heterocycles. The van der Waals surface area contributed by atoms with Gasteiger partial charge in [-0.3, -0.25) is 0 Å². The summed E-state index contributed by atoms with van der Waals surface area (Å²) in [4.78, 5) is 0. The molecule has 0 amide bonds. The van der Waals surface area contributed by atoms with Crippen molar-refractivity contribution < 1.29 is 0 Å². The molecule has 0 unspecified atom stereocenters. The third-order valence-corrected chi connectivity index (χ3v) is 1.82. The third kappa shape index (κ3) is 1.70. The van der Waals surface area contributed by atoms with E-state index in [1.54, 1.807) is 0 Å². The third-order valence-electron chi connectivity index (χ3n) is 1.82. The van der Waals surface area contributed by atoms with Crippen molar-refractivity contribution in [1.29, 1.82) is 0 Å². The Hall–Kier alpha value is -1.76. The monoisotopic (exact) mass is 167 g/mol. The number of nitrogen functional groups attached to an aromatic ring is 1. The summed E-state index contributed by atoms with van der Waals surface area (Å²) in [6.45, 7) is 0. The van der Waals surface area contributed by atoms with Gasteiger partial charge in [-0.25, -0.2) is 0 Å². The molecule has 0 atom stereocenters. The highest BCUT2D eigenvalue weighted by Crippen LogP contribution is 2.19. The molecule has 2 aromatic rings. The molecule has 0 aliphatic carbocycles. The molecule has 0 aromatic heterocycles. The van der Waals surface area contributed by atoms with Gasteiger partial charge in [0.1, 0.15) is 0 Å². The van der Waals surface area contributed by atoms with E-state index in [4.69, 9.17) is 5.73 Å². The quantitative estimate of drug-likeness (QED) is 0.649. The van der Waals surface area contributed by atoms with Gasteiger partial charge in [0.25, 0.3) is 0 Å². The molecular formula is C12H9N. The molecule has 2 rings (SSSR count). The van der Waals surface area contributed by atoms with E-state index in [0.717, 1.165) is 11.1 Å². The maximum absolute atomic E-state index is 5.63. The molecular weight excluding hydrogens is 158 g/mol. The summed E-state index contributed by atoms with van der Waals surface area (Å²) in [7, 11) is 0. The minimum absolute atomic E-state index is 0.662. The molecule has 1 heteroatoms. The summed E-state index contributed by atoms with van der Waals surface area (Å²) in [5.41, 5.74) is 8.30. The highest BCUT2D eigenvalue weighted by molar-refractivity contribution is 5.65. The fourth-order valence-electron chi connectivity index (χ4n) is 1.20. The lowest BCUT2D eigenvalue weighted by Crippen LogP contribution is -1.85. The summed E-state index contributed by atoms with van der Waals surface area (Å²) in [6, 6.07) is 19.7. The molecule has 0 heterocycles. The van der Waals surface area contributed by atoms with Crippen LogP contribution in [0.25, 0.3) is 11.1 Å². The van der Waals surface area contributed by atoms with Crippen molar-refractivity contribution in [3.05, 3.63) is 54.6 Å². The van der Waals surface area contributed by atoms with E-state index in [1.165, 1.54) is 0 Å². The van der Waals surface area contributed by atoms with Crippen LogP contribution in [0.3, 0.4) is 0 Å². The Labute approximate surface area is 77.8 Å². The van der Waals surface area contributed by atoms with Crippen molar-refractivity contribution in [3.8, 4) is 11.1 Å². The van der Waals surface area contributed by atoms with Crippen molar-refractivity contribution in [2.24, 2.45) is 0 Å². The van der Waals surface area contributed by atoms with Crippen molar-refractivity contribution >= 4 is 5.69 Å². The minimum atomic E-state index is 0.662. The molecule has 2 radical (unpaired) electrons. The molecule has 13 heavy (non-hydrogen) atoms. The lowest BCUT2D eigenvalue weighted by molar-refractivity contribution is 1.59. The SMILES string of the molecule is Nc1[c]c(-c2[c]cccc2)ccc1. The second-order valence-corrected chi connectivity index (χ2v) is 2.80. The summed E-state index contributed by atoms with van der Waals surface area (Å²) < 4.78 is 0. The van der Waals surface area contributed by atoms with E-state index >= 15 is 0 Å². The van der Waals surface area contributed by atoms with E-state index < -0.39 is 0 Å². The van der Waals surface area contributed by atoms with Gasteiger partial charge in [-0.2, -0.15) is 0 Å². The first-order valence-electron chi connectivity index (χ1n) is 4.11. The number of benzene rings is 2.